The molecule has 3 aromatic rings. The fourth-order valence-electron chi connectivity index (χ4n) is 3.06. The van der Waals surface area contributed by atoms with E-state index in [1.165, 1.54) is 0 Å². The lowest BCUT2D eigenvalue weighted by Crippen LogP contribution is -2.38. The van der Waals surface area contributed by atoms with Crippen molar-refractivity contribution < 1.29 is 14.6 Å². The number of hydrogen-bond acceptors (Lipinski definition) is 3. The average molecular weight is 510 g/mol. The number of H-pyrrole nitrogens is 1. The van der Waals surface area contributed by atoms with Crippen molar-refractivity contribution in [1.82, 2.24) is 10.3 Å². The van der Waals surface area contributed by atoms with Crippen LogP contribution < -0.4 is 10.1 Å². The summed E-state index contributed by atoms with van der Waals surface area (Å²) in [5.74, 6) is -0.106. The van der Waals surface area contributed by atoms with Crippen LogP contribution in [0.4, 0.5) is 0 Å². The highest BCUT2D eigenvalue weighted by Crippen LogP contribution is 2.35. The highest BCUT2D eigenvalue weighted by molar-refractivity contribution is 9.11. The predicted octanol–water partition coefficient (Wildman–Crippen LogP) is 5.27. The Kier molecular flexibility index (Phi) is 7.15. The summed E-state index contributed by atoms with van der Waals surface area (Å²) >= 11 is 7.07. The molecule has 0 aliphatic carbocycles. The van der Waals surface area contributed by atoms with Crippen LogP contribution in [0.2, 0.25) is 0 Å². The molecule has 5 nitrogen and oxygen atoms in total. The van der Waals surface area contributed by atoms with Gasteiger partial charge in [0.1, 0.15) is 11.8 Å². The summed E-state index contributed by atoms with van der Waals surface area (Å²) in [7, 11) is 0. The van der Waals surface area contributed by atoms with E-state index in [1.54, 1.807) is 0 Å². The molecule has 0 unspecified atom stereocenters. The summed E-state index contributed by atoms with van der Waals surface area (Å²) < 4.78 is 7.42. The van der Waals surface area contributed by atoms with Gasteiger partial charge < -0.3 is 20.1 Å². The molecule has 0 saturated heterocycles. The largest absolute Gasteiger partial charge is 0.491 e. The SMILES string of the molecule is CCCOc1c(Br)cc(CN[C@H](Cc2c[nH]c3ccccc23)C(=O)O)cc1Br. The average Bonchev–Trinajstić information content (AvgIpc) is 3.07. The Morgan fingerprint density at radius 3 is 2.64 bits per heavy atom. The van der Waals surface area contributed by atoms with Gasteiger partial charge in [0.2, 0.25) is 0 Å². The minimum atomic E-state index is -0.869. The maximum absolute atomic E-state index is 11.8. The van der Waals surface area contributed by atoms with E-state index in [9.17, 15) is 9.90 Å². The molecule has 1 heterocycles. The van der Waals surface area contributed by atoms with E-state index < -0.39 is 12.0 Å². The van der Waals surface area contributed by atoms with Crippen molar-refractivity contribution in [3.8, 4) is 5.75 Å². The number of halogens is 2. The predicted molar refractivity (Wildman–Crippen MR) is 118 cm³/mol. The molecular formula is C21H22Br2N2O3. The first kappa shape index (κ1) is 20.9. The summed E-state index contributed by atoms with van der Waals surface area (Å²) in [5, 5.41) is 13.9. The van der Waals surface area contributed by atoms with Crippen LogP contribution in [0.1, 0.15) is 24.5 Å². The van der Waals surface area contributed by atoms with Gasteiger partial charge in [-0.2, -0.15) is 0 Å². The van der Waals surface area contributed by atoms with Gasteiger partial charge >= 0.3 is 5.97 Å². The van der Waals surface area contributed by atoms with Crippen molar-refractivity contribution in [2.75, 3.05) is 6.61 Å². The van der Waals surface area contributed by atoms with Crippen LogP contribution in [-0.4, -0.2) is 28.7 Å². The zero-order valence-electron chi connectivity index (χ0n) is 15.5. The standard InChI is InChI=1S/C21H22Br2N2O3/c1-2-7-28-20-16(22)8-13(9-17(20)23)11-24-19(21(26)27)10-14-12-25-18-6-4-3-5-15(14)18/h3-6,8-9,12,19,24-25H,2,7,10-11H2,1H3,(H,26,27)/t19-/m1/s1. The van der Waals surface area contributed by atoms with Crippen LogP contribution >= 0.6 is 31.9 Å². The second-order valence-corrected chi connectivity index (χ2v) is 8.28. The summed E-state index contributed by atoms with van der Waals surface area (Å²) in [4.78, 5) is 15.0. The van der Waals surface area contributed by atoms with Crippen LogP contribution in [0.25, 0.3) is 10.9 Å². The third-order valence-electron chi connectivity index (χ3n) is 4.46. The van der Waals surface area contributed by atoms with Gasteiger partial charge in [0.15, 0.2) is 0 Å². The van der Waals surface area contributed by atoms with E-state index in [0.717, 1.165) is 43.1 Å². The van der Waals surface area contributed by atoms with Crippen LogP contribution in [0, 0.1) is 0 Å². The molecule has 2 aromatic carbocycles. The number of benzene rings is 2. The lowest BCUT2D eigenvalue weighted by molar-refractivity contribution is -0.139. The summed E-state index contributed by atoms with van der Waals surface area (Å²) in [6.07, 6.45) is 3.21. The number of hydrogen-bond donors (Lipinski definition) is 3. The van der Waals surface area contributed by atoms with Gasteiger partial charge in [-0.1, -0.05) is 25.1 Å². The molecule has 0 spiro atoms. The van der Waals surface area contributed by atoms with Crippen molar-refractivity contribution in [3.05, 3.63) is 62.7 Å². The number of carboxylic acids is 1. The van der Waals surface area contributed by atoms with Gasteiger partial charge in [-0.3, -0.25) is 4.79 Å². The third-order valence-corrected chi connectivity index (χ3v) is 5.64. The summed E-state index contributed by atoms with van der Waals surface area (Å²) in [5.41, 5.74) is 2.96. The fourth-order valence-corrected chi connectivity index (χ4v) is 4.57. The zero-order valence-corrected chi connectivity index (χ0v) is 18.6. The maximum atomic E-state index is 11.8. The van der Waals surface area contributed by atoms with E-state index in [-0.39, 0.29) is 0 Å². The number of carbonyl (C=O) groups is 1. The monoisotopic (exact) mass is 508 g/mol. The van der Waals surface area contributed by atoms with Gasteiger partial charge in [0, 0.05) is 30.1 Å². The molecule has 1 aromatic heterocycles. The maximum Gasteiger partial charge on any atom is 0.321 e. The van der Waals surface area contributed by atoms with E-state index in [4.69, 9.17) is 4.74 Å². The molecule has 3 rings (SSSR count). The van der Waals surface area contributed by atoms with E-state index >= 15 is 0 Å². The first-order chi connectivity index (χ1) is 13.5. The van der Waals surface area contributed by atoms with Crippen molar-refractivity contribution in [3.63, 3.8) is 0 Å². The number of aliphatic carboxylic acids is 1. The number of nitrogens with one attached hydrogen (secondary N) is 2. The van der Waals surface area contributed by atoms with Crippen LogP contribution in [0.15, 0.2) is 51.5 Å². The minimum absolute atomic E-state index is 0.402. The van der Waals surface area contributed by atoms with Crippen molar-refractivity contribution in [2.45, 2.75) is 32.4 Å². The van der Waals surface area contributed by atoms with Gasteiger partial charge in [-0.05, 0) is 67.6 Å². The molecule has 0 saturated carbocycles. The molecule has 28 heavy (non-hydrogen) atoms. The molecule has 0 radical (unpaired) electrons. The molecule has 0 fully saturated rings. The molecule has 0 amide bonds. The van der Waals surface area contributed by atoms with Gasteiger partial charge in [-0.25, -0.2) is 0 Å². The van der Waals surface area contributed by atoms with Crippen molar-refractivity contribution >= 4 is 48.7 Å². The number of fused-ring (bicyclic) bond motifs is 1. The van der Waals surface area contributed by atoms with Crippen molar-refractivity contribution in [2.24, 2.45) is 0 Å². The lowest BCUT2D eigenvalue weighted by atomic mass is 10.0. The number of rotatable bonds is 9. The highest BCUT2D eigenvalue weighted by Gasteiger charge is 2.19. The van der Waals surface area contributed by atoms with E-state index in [0.29, 0.717) is 19.6 Å². The number of aromatic nitrogens is 1. The molecule has 0 aliphatic heterocycles. The third kappa shape index (κ3) is 4.96. The smallest absolute Gasteiger partial charge is 0.321 e. The van der Waals surface area contributed by atoms with Crippen LogP contribution in [0.5, 0.6) is 5.75 Å². The second-order valence-electron chi connectivity index (χ2n) is 6.57. The zero-order chi connectivity index (χ0) is 20.1. The molecule has 1 atom stereocenters. The van der Waals surface area contributed by atoms with Gasteiger partial charge in [0.25, 0.3) is 0 Å². The molecule has 7 heteroatoms. The molecule has 148 valence electrons. The number of aromatic amines is 1. The first-order valence-electron chi connectivity index (χ1n) is 9.11. The van der Waals surface area contributed by atoms with Crippen LogP contribution in [-0.2, 0) is 17.8 Å². The molecule has 3 N–H and O–H groups in total. The normalized spacial score (nSPS) is 12.2. The Bertz CT molecular complexity index is 948. The quantitative estimate of drug-likeness (QED) is 0.367. The van der Waals surface area contributed by atoms with Crippen molar-refractivity contribution in [1.29, 1.82) is 0 Å². The minimum Gasteiger partial charge on any atom is -0.491 e. The lowest BCUT2D eigenvalue weighted by Gasteiger charge is -2.16. The molecule has 0 bridgehead atoms. The Labute approximate surface area is 180 Å². The van der Waals surface area contributed by atoms with E-state index in [1.807, 2.05) is 42.6 Å². The fraction of sp³-hybridized carbons (Fsp3) is 0.286. The molecule has 0 aliphatic rings. The molecular weight excluding hydrogens is 488 g/mol. The Hall–Kier alpha value is -1.83. The van der Waals surface area contributed by atoms with Gasteiger partial charge in [0.05, 0.1) is 15.6 Å². The topological polar surface area (TPSA) is 74.3 Å². The first-order valence-corrected chi connectivity index (χ1v) is 10.7. The second kappa shape index (κ2) is 9.58. The van der Waals surface area contributed by atoms with Gasteiger partial charge in [-0.15, -0.1) is 0 Å². The number of ether oxygens (including phenoxy) is 1. The Balaban J connectivity index is 1.71. The summed E-state index contributed by atoms with van der Waals surface area (Å²) in [6.45, 7) is 3.13. The highest BCUT2D eigenvalue weighted by atomic mass is 79.9. The summed E-state index contributed by atoms with van der Waals surface area (Å²) in [6, 6.07) is 11.1. The Morgan fingerprint density at radius 2 is 1.96 bits per heavy atom. The van der Waals surface area contributed by atoms with Crippen LogP contribution in [0.3, 0.4) is 0 Å². The number of carboxylic acid groups (broad SMARTS) is 1. The number of para-hydroxylation sites is 1. The van der Waals surface area contributed by atoms with E-state index in [2.05, 4.69) is 49.1 Å². The Morgan fingerprint density at radius 1 is 1.25 bits per heavy atom.